The SMILES string of the molecule is Cc1nc(NCC(C)c2ccccc2)ccc1C(=O)O. The third-order valence-corrected chi connectivity index (χ3v) is 3.27. The van der Waals surface area contributed by atoms with Crippen molar-refractivity contribution in [2.45, 2.75) is 19.8 Å². The molecule has 1 aromatic heterocycles. The van der Waals surface area contributed by atoms with Crippen LogP contribution in [0.15, 0.2) is 42.5 Å². The van der Waals surface area contributed by atoms with Gasteiger partial charge in [-0.3, -0.25) is 0 Å². The molecule has 2 aromatic rings. The summed E-state index contributed by atoms with van der Waals surface area (Å²) in [5.74, 6) is 0.118. The van der Waals surface area contributed by atoms with Crippen molar-refractivity contribution in [2.24, 2.45) is 0 Å². The highest BCUT2D eigenvalue weighted by molar-refractivity contribution is 5.89. The van der Waals surface area contributed by atoms with E-state index in [1.54, 1.807) is 19.1 Å². The number of hydrogen-bond donors (Lipinski definition) is 2. The first-order chi connectivity index (χ1) is 9.58. The van der Waals surface area contributed by atoms with Gasteiger partial charge in [0.25, 0.3) is 0 Å². The van der Waals surface area contributed by atoms with E-state index in [-0.39, 0.29) is 5.56 Å². The number of benzene rings is 1. The predicted octanol–water partition coefficient (Wildman–Crippen LogP) is 3.30. The minimum atomic E-state index is -0.945. The van der Waals surface area contributed by atoms with E-state index in [1.165, 1.54) is 5.56 Å². The van der Waals surface area contributed by atoms with Crippen LogP contribution < -0.4 is 5.32 Å². The first kappa shape index (κ1) is 14.1. The van der Waals surface area contributed by atoms with Crippen LogP contribution in [0.5, 0.6) is 0 Å². The monoisotopic (exact) mass is 270 g/mol. The first-order valence-corrected chi connectivity index (χ1v) is 6.57. The van der Waals surface area contributed by atoms with E-state index in [0.717, 1.165) is 6.54 Å². The number of carboxylic acids is 1. The van der Waals surface area contributed by atoms with Gasteiger partial charge in [0.1, 0.15) is 5.82 Å². The van der Waals surface area contributed by atoms with Gasteiger partial charge >= 0.3 is 5.97 Å². The molecule has 4 heteroatoms. The van der Waals surface area contributed by atoms with E-state index in [4.69, 9.17) is 5.11 Å². The zero-order valence-corrected chi connectivity index (χ0v) is 11.6. The van der Waals surface area contributed by atoms with Gasteiger partial charge in [0, 0.05) is 6.54 Å². The van der Waals surface area contributed by atoms with Gasteiger partial charge in [-0.2, -0.15) is 0 Å². The Labute approximate surface area is 118 Å². The van der Waals surface area contributed by atoms with Crippen molar-refractivity contribution in [3.05, 3.63) is 59.3 Å². The number of pyridine rings is 1. The van der Waals surface area contributed by atoms with Crippen molar-refractivity contribution >= 4 is 11.8 Å². The lowest BCUT2D eigenvalue weighted by Crippen LogP contribution is -2.12. The fourth-order valence-corrected chi connectivity index (χ4v) is 2.04. The van der Waals surface area contributed by atoms with Crippen molar-refractivity contribution in [2.75, 3.05) is 11.9 Å². The number of aromatic carboxylic acids is 1. The molecule has 2 N–H and O–H groups in total. The van der Waals surface area contributed by atoms with Gasteiger partial charge in [0.15, 0.2) is 0 Å². The van der Waals surface area contributed by atoms with E-state index in [2.05, 4.69) is 29.4 Å². The minimum Gasteiger partial charge on any atom is -0.478 e. The van der Waals surface area contributed by atoms with Crippen LogP contribution in [0.3, 0.4) is 0 Å². The summed E-state index contributed by atoms with van der Waals surface area (Å²) >= 11 is 0. The fourth-order valence-electron chi connectivity index (χ4n) is 2.04. The van der Waals surface area contributed by atoms with Crippen LogP contribution in [0.1, 0.15) is 34.5 Å². The molecule has 0 spiro atoms. The Morgan fingerprint density at radius 1 is 1.25 bits per heavy atom. The number of aryl methyl sites for hydroxylation is 1. The van der Waals surface area contributed by atoms with Crippen LogP contribution >= 0.6 is 0 Å². The smallest absolute Gasteiger partial charge is 0.337 e. The number of hydrogen-bond acceptors (Lipinski definition) is 3. The summed E-state index contributed by atoms with van der Waals surface area (Å²) in [4.78, 5) is 15.2. The lowest BCUT2D eigenvalue weighted by atomic mass is 10.0. The van der Waals surface area contributed by atoms with E-state index < -0.39 is 5.97 Å². The van der Waals surface area contributed by atoms with E-state index >= 15 is 0 Å². The molecule has 1 heterocycles. The number of rotatable bonds is 5. The maximum atomic E-state index is 10.9. The summed E-state index contributed by atoms with van der Waals surface area (Å²) in [6.07, 6.45) is 0. The predicted molar refractivity (Wildman–Crippen MR) is 79.3 cm³/mol. The van der Waals surface area contributed by atoms with Gasteiger partial charge in [0.2, 0.25) is 0 Å². The Morgan fingerprint density at radius 2 is 1.95 bits per heavy atom. The molecule has 20 heavy (non-hydrogen) atoms. The summed E-state index contributed by atoms with van der Waals surface area (Å²) in [6, 6.07) is 13.5. The van der Waals surface area contributed by atoms with E-state index in [9.17, 15) is 4.79 Å². The Kier molecular flexibility index (Phi) is 4.35. The highest BCUT2D eigenvalue weighted by atomic mass is 16.4. The number of nitrogens with one attached hydrogen (secondary N) is 1. The second-order valence-electron chi connectivity index (χ2n) is 4.83. The van der Waals surface area contributed by atoms with Gasteiger partial charge in [-0.15, -0.1) is 0 Å². The molecule has 0 aliphatic carbocycles. The van der Waals surface area contributed by atoms with Gasteiger partial charge in [-0.25, -0.2) is 9.78 Å². The topological polar surface area (TPSA) is 62.2 Å². The van der Waals surface area contributed by atoms with Gasteiger partial charge in [0.05, 0.1) is 11.3 Å². The quantitative estimate of drug-likeness (QED) is 0.875. The molecule has 1 unspecified atom stereocenters. The summed E-state index contributed by atoms with van der Waals surface area (Å²) in [5.41, 5.74) is 2.03. The van der Waals surface area contributed by atoms with Gasteiger partial charge < -0.3 is 10.4 Å². The zero-order chi connectivity index (χ0) is 14.5. The molecular weight excluding hydrogens is 252 g/mol. The summed E-state index contributed by atoms with van der Waals surface area (Å²) in [6.45, 7) is 4.60. The molecule has 104 valence electrons. The molecule has 4 nitrogen and oxygen atoms in total. The Hall–Kier alpha value is -2.36. The standard InChI is InChI=1S/C16H18N2O2/c1-11(13-6-4-3-5-7-13)10-17-15-9-8-14(16(19)20)12(2)18-15/h3-9,11H,10H2,1-2H3,(H,17,18)(H,19,20). The summed E-state index contributed by atoms with van der Waals surface area (Å²) in [7, 11) is 0. The van der Waals surface area contributed by atoms with Crippen molar-refractivity contribution in [3.63, 3.8) is 0 Å². The van der Waals surface area contributed by atoms with Crippen LogP contribution in [-0.2, 0) is 0 Å². The highest BCUT2D eigenvalue weighted by Crippen LogP contribution is 2.16. The molecule has 0 amide bonds. The first-order valence-electron chi connectivity index (χ1n) is 6.57. The Morgan fingerprint density at radius 3 is 2.55 bits per heavy atom. The Bertz CT molecular complexity index is 597. The second-order valence-corrected chi connectivity index (χ2v) is 4.83. The molecule has 0 aliphatic rings. The molecule has 1 atom stereocenters. The number of carboxylic acid groups (broad SMARTS) is 1. The molecule has 0 saturated carbocycles. The van der Waals surface area contributed by atoms with Crippen molar-refractivity contribution in [3.8, 4) is 0 Å². The molecule has 1 aromatic carbocycles. The van der Waals surface area contributed by atoms with Crippen LogP contribution in [0, 0.1) is 6.92 Å². The molecule has 0 aliphatic heterocycles. The lowest BCUT2D eigenvalue weighted by Gasteiger charge is -2.14. The maximum absolute atomic E-state index is 10.9. The maximum Gasteiger partial charge on any atom is 0.337 e. The largest absolute Gasteiger partial charge is 0.478 e. The molecule has 0 fully saturated rings. The van der Waals surface area contributed by atoms with Gasteiger partial charge in [-0.05, 0) is 30.5 Å². The minimum absolute atomic E-state index is 0.242. The average Bonchev–Trinajstić information content (AvgIpc) is 2.45. The average molecular weight is 270 g/mol. The van der Waals surface area contributed by atoms with Crippen molar-refractivity contribution in [1.29, 1.82) is 0 Å². The molecule has 0 bridgehead atoms. The molecular formula is C16H18N2O2. The Balaban J connectivity index is 2.01. The van der Waals surface area contributed by atoms with Crippen LogP contribution in [0.4, 0.5) is 5.82 Å². The second kappa shape index (κ2) is 6.19. The number of carbonyl (C=O) groups is 1. The van der Waals surface area contributed by atoms with Gasteiger partial charge in [-0.1, -0.05) is 37.3 Å². The fraction of sp³-hybridized carbons (Fsp3) is 0.250. The highest BCUT2D eigenvalue weighted by Gasteiger charge is 2.09. The molecule has 0 saturated heterocycles. The molecule has 0 radical (unpaired) electrons. The number of anilines is 1. The van der Waals surface area contributed by atoms with Crippen LogP contribution in [0.2, 0.25) is 0 Å². The summed E-state index contributed by atoms with van der Waals surface area (Å²) < 4.78 is 0. The molecule has 2 rings (SSSR count). The summed E-state index contributed by atoms with van der Waals surface area (Å²) in [5, 5.41) is 12.2. The lowest BCUT2D eigenvalue weighted by molar-refractivity contribution is 0.0695. The van der Waals surface area contributed by atoms with Crippen LogP contribution in [0.25, 0.3) is 0 Å². The zero-order valence-electron chi connectivity index (χ0n) is 11.6. The number of nitrogens with zero attached hydrogens (tertiary/aromatic N) is 1. The number of aromatic nitrogens is 1. The third-order valence-electron chi connectivity index (χ3n) is 3.27. The van der Waals surface area contributed by atoms with Crippen LogP contribution in [-0.4, -0.2) is 22.6 Å². The third kappa shape index (κ3) is 3.35. The van der Waals surface area contributed by atoms with E-state index in [1.807, 2.05) is 18.2 Å². The van der Waals surface area contributed by atoms with Crippen molar-refractivity contribution < 1.29 is 9.90 Å². The van der Waals surface area contributed by atoms with Crippen molar-refractivity contribution in [1.82, 2.24) is 4.98 Å². The van der Waals surface area contributed by atoms with E-state index in [0.29, 0.717) is 17.4 Å². The normalized spacial score (nSPS) is 11.9.